The smallest absolute Gasteiger partial charge is 0.254 e. The van der Waals surface area contributed by atoms with Crippen molar-refractivity contribution in [3.8, 4) is 5.75 Å². The van der Waals surface area contributed by atoms with Gasteiger partial charge in [0.25, 0.3) is 5.91 Å². The van der Waals surface area contributed by atoms with E-state index >= 15 is 0 Å². The normalized spacial score (nSPS) is 10.2. The molecule has 0 radical (unpaired) electrons. The van der Waals surface area contributed by atoms with Crippen LogP contribution in [0, 0.1) is 0 Å². The molecule has 1 N–H and O–H groups in total. The third-order valence-corrected chi connectivity index (χ3v) is 2.84. The van der Waals surface area contributed by atoms with E-state index in [4.69, 9.17) is 4.74 Å². The predicted molar refractivity (Wildman–Crippen MR) is 72.2 cm³/mol. The number of ether oxygens (including phenoxy) is 1. The lowest BCUT2D eigenvalue weighted by atomic mass is 10.1. The number of amides is 1. The first-order valence-corrected chi connectivity index (χ1v) is 6.09. The van der Waals surface area contributed by atoms with Crippen molar-refractivity contribution in [2.75, 3.05) is 13.7 Å². The Labute approximate surface area is 112 Å². The summed E-state index contributed by atoms with van der Waals surface area (Å²) >= 11 is 0. The van der Waals surface area contributed by atoms with Crippen molar-refractivity contribution in [3.05, 3.63) is 47.8 Å². The lowest BCUT2D eigenvalue weighted by Crippen LogP contribution is -2.25. The first-order valence-electron chi connectivity index (χ1n) is 6.09. The van der Waals surface area contributed by atoms with Gasteiger partial charge in [-0.15, -0.1) is 0 Å². The molecule has 0 atom stereocenters. The molecule has 0 spiro atoms. The number of hydrogen-bond acceptors (Lipinski definition) is 3. The van der Waals surface area contributed by atoms with Gasteiger partial charge in [0.15, 0.2) is 0 Å². The molecule has 1 aromatic heterocycles. The number of methoxy groups -OCH3 is 1. The molecule has 2 rings (SSSR count). The van der Waals surface area contributed by atoms with Crippen LogP contribution < -0.4 is 10.1 Å². The predicted octanol–water partition coefficient (Wildman–Crippen LogP) is 1.40. The summed E-state index contributed by atoms with van der Waals surface area (Å²) in [6, 6.07) is 7.80. The maximum absolute atomic E-state index is 11.8. The maximum Gasteiger partial charge on any atom is 0.254 e. The Bertz CT molecular complexity index is 563. The van der Waals surface area contributed by atoms with Crippen LogP contribution in [0.3, 0.4) is 0 Å². The van der Waals surface area contributed by atoms with E-state index in [1.54, 1.807) is 31.2 Å². The molecule has 0 aliphatic heterocycles. The number of aromatic nitrogens is 2. The first kappa shape index (κ1) is 13.1. The number of carbonyl (C=O) groups is 1. The second-order valence-corrected chi connectivity index (χ2v) is 4.22. The molecule has 0 saturated carbocycles. The summed E-state index contributed by atoms with van der Waals surface area (Å²) in [5.74, 6) is 0.737. The number of para-hydroxylation sites is 1. The highest BCUT2D eigenvalue weighted by Crippen LogP contribution is 2.17. The molecule has 0 saturated heterocycles. The highest BCUT2D eigenvalue weighted by molar-refractivity contribution is 5.93. The molecule has 0 aliphatic carbocycles. The summed E-state index contributed by atoms with van der Waals surface area (Å²) in [6.07, 6.45) is 3.98. The number of nitrogens with one attached hydrogen (secondary N) is 1. The summed E-state index contributed by atoms with van der Waals surface area (Å²) in [5, 5.41) is 6.83. The minimum absolute atomic E-state index is 0.108. The van der Waals surface area contributed by atoms with E-state index in [9.17, 15) is 4.79 Å². The monoisotopic (exact) mass is 259 g/mol. The molecular weight excluding hydrogens is 242 g/mol. The molecule has 0 bridgehead atoms. The Morgan fingerprint density at radius 2 is 2.21 bits per heavy atom. The van der Waals surface area contributed by atoms with Gasteiger partial charge < -0.3 is 10.1 Å². The maximum atomic E-state index is 11.8. The van der Waals surface area contributed by atoms with Crippen molar-refractivity contribution < 1.29 is 9.53 Å². The molecule has 19 heavy (non-hydrogen) atoms. The Balaban J connectivity index is 1.88. The van der Waals surface area contributed by atoms with Gasteiger partial charge in [0.1, 0.15) is 5.75 Å². The number of nitrogens with zero attached hydrogens (tertiary/aromatic N) is 2. The van der Waals surface area contributed by atoms with Crippen LogP contribution in [0.1, 0.15) is 15.9 Å². The highest BCUT2D eigenvalue weighted by atomic mass is 16.5. The molecule has 2 aromatic rings. The van der Waals surface area contributed by atoms with Crippen LogP contribution in [0.25, 0.3) is 0 Å². The van der Waals surface area contributed by atoms with Crippen LogP contribution in [0.2, 0.25) is 0 Å². The van der Waals surface area contributed by atoms with Gasteiger partial charge in [0.05, 0.1) is 18.9 Å². The SMILES string of the molecule is COc1ccccc1CCNC(=O)c1cnn(C)c1. The van der Waals surface area contributed by atoms with Gasteiger partial charge in [0, 0.05) is 19.8 Å². The lowest BCUT2D eigenvalue weighted by molar-refractivity contribution is 0.0954. The first-order chi connectivity index (χ1) is 9.20. The van der Waals surface area contributed by atoms with Crippen LogP contribution in [0.15, 0.2) is 36.7 Å². The van der Waals surface area contributed by atoms with Crippen molar-refractivity contribution >= 4 is 5.91 Å². The van der Waals surface area contributed by atoms with E-state index < -0.39 is 0 Å². The summed E-state index contributed by atoms with van der Waals surface area (Å²) in [4.78, 5) is 11.8. The standard InChI is InChI=1S/C14H17N3O2/c1-17-10-12(9-16-17)14(18)15-8-7-11-5-3-4-6-13(11)19-2/h3-6,9-10H,7-8H2,1-2H3,(H,15,18). The van der Waals surface area contributed by atoms with Gasteiger partial charge in [-0.25, -0.2) is 0 Å². The highest BCUT2D eigenvalue weighted by Gasteiger charge is 2.07. The molecule has 0 aliphatic rings. The molecule has 0 unspecified atom stereocenters. The van der Waals surface area contributed by atoms with Crippen molar-refractivity contribution in [2.45, 2.75) is 6.42 Å². The van der Waals surface area contributed by atoms with E-state index in [1.165, 1.54) is 0 Å². The van der Waals surface area contributed by atoms with Gasteiger partial charge >= 0.3 is 0 Å². The minimum atomic E-state index is -0.108. The van der Waals surface area contributed by atoms with Crippen LogP contribution in [0.5, 0.6) is 5.75 Å². The molecule has 1 aromatic carbocycles. The van der Waals surface area contributed by atoms with E-state index in [0.29, 0.717) is 12.1 Å². The minimum Gasteiger partial charge on any atom is -0.496 e. The van der Waals surface area contributed by atoms with Crippen molar-refractivity contribution in [2.24, 2.45) is 7.05 Å². The van der Waals surface area contributed by atoms with Gasteiger partial charge in [0.2, 0.25) is 0 Å². The van der Waals surface area contributed by atoms with Crippen LogP contribution in [-0.4, -0.2) is 29.3 Å². The van der Waals surface area contributed by atoms with Gasteiger partial charge in [-0.2, -0.15) is 5.10 Å². The second kappa shape index (κ2) is 6.04. The van der Waals surface area contributed by atoms with Gasteiger partial charge in [-0.05, 0) is 18.1 Å². The molecular formula is C14H17N3O2. The largest absolute Gasteiger partial charge is 0.496 e. The lowest BCUT2D eigenvalue weighted by Gasteiger charge is -2.08. The summed E-state index contributed by atoms with van der Waals surface area (Å²) < 4.78 is 6.87. The molecule has 0 fully saturated rings. The van der Waals surface area contributed by atoms with E-state index in [-0.39, 0.29) is 5.91 Å². The number of benzene rings is 1. The van der Waals surface area contributed by atoms with E-state index in [0.717, 1.165) is 17.7 Å². The summed E-state index contributed by atoms with van der Waals surface area (Å²) in [6.45, 7) is 0.564. The zero-order chi connectivity index (χ0) is 13.7. The molecule has 5 heteroatoms. The third kappa shape index (κ3) is 3.34. The number of carbonyl (C=O) groups excluding carboxylic acids is 1. The average molecular weight is 259 g/mol. The van der Waals surface area contributed by atoms with E-state index in [1.807, 2.05) is 24.3 Å². The fraction of sp³-hybridized carbons (Fsp3) is 0.286. The van der Waals surface area contributed by atoms with Crippen LogP contribution >= 0.6 is 0 Å². The van der Waals surface area contributed by atoms with Gasteiger partial charge in [-0.3, -0.25) is 9.48 Å². The van der Waals surface area contributed by atoms with Gasteiger partial charge in [-0.1, -0.05) is 18.2 Å². The third-order valence-electron chi connectivity index (χ3n) is 2.84. The zero-order valence-corrected chi connectivity index (χ0v) is 11.1. The van der Waals surface area contributed by atoms with E-state index in [2.05, 4.69) is 10.4 Å². The summed E-state index contributed by atoms with van der Waals surface area (Å²) in [7, 11) is 3.43. The molecule has 5 nitrogen and oxygen atoms in total. The Morgan fingerprint density at radius 1 is 1.42 bits per heavy atom. The second-order valence-electron chi connectivity index (χ2n) is 4.22. The van der Waals surface area contributed by atoms with Crippen LogP contribution in [0.4, 0.5) is 0 Å². The quantitative estimate of drug-likeness (QED) is 0.883. The van der Waals surface area contributed by atoms with Crippen LogP contribution in [-0.2, 0) is 13.5 Å². The molecule has 100 valence electrons. The van der Waals surface area contributed by atoms with Crippen molar-refractivity contribution in [1.29, 1.82) is 0 Å². The number of hydrogen-bond donors (Lipinski definition) is 1. The fourth-order valence-corrected chi connectivity index (χ4v) is 1.86. The molecule has 1 amide bonds. The zero-order valence-electron chi connectivity index (χ0n) is 11.1. The van der Waals surface area contributed by atoms with Crippen molar-refractivity contribution in [1.82, 2.24) is 15.1 Å². The average Bonchev–Trinajstić information content (AvgIpc) is 2.86. The number of rotatable bonds is 5. The Morgan fingerprint density at radius 3 is 2.89 bits per heavy atom. The summed E-state index contributed by atoms with van der Waals surface area (Å²) in [5.41, 5.74) is 1.65. The molecule has 1 heterocycles. The Hall–Kier alpha value is -2.30. The topological polar surface area (TPSA) is 56.1 Å². The Kier molecular flexibility index (Phi) is 4.18. The fourth-order valence-electron chi connectivity index (χ4n) is 1.86. The van der Waals surface area contributed by atoms with Crippen molar-refractivity contribution in [3.63, 3.8) is 0 Å². The number of aryl methyl sites for hydroxylation is 1.